The van der Waals surface area contributed by atoms with Crippen molar-refractivity contribution >= 4 is 11.6 Å². The Balaban J connectivity index is 1.74. The molecule has 1 aliphatic rings. The van der Waals surface area contributed by atoms with Crippen molar-refractivity contribution in [1.29, 1.82) is 0 Å². The van der Waals surface area contributed by atoms with E-state index in [0.717, 1.165) is 37.7 Å². The summed E-state index contributed by atoms with van der Waals surface area (Å²) in [6.45, 7) is 9.95. The Morgan fingerprint density at radius 3 is 2.76 bits per heavy atom. The molecule has 0 spiro atoms. The lowest BCUT2D eigenvalue weighted by molar-refractivity contribution is -0.926. The number of methoxy groups -OCH3 is 1. The number of carbonyl (C=O) groups is 1. The number of morpholine rings is 1. The molecule has 1 heterocycles. The number of rotatable bonds is 8. The van der Waals surface area contributed by atoms with Crippen LogP contribution in [0.15, 0.2) is 24.3 Å². The number of amides is 1. The highest BCUT2D eigenvalue weighted by Crippen LogP contribution is 2.14. The number of anilines is 1. The van der Waals surface area contributed by atoms with Crippen molar-refractivity contribution in [1.82, 2.24) is 0 Å². The molecule has 6 nitrogen and oxygen atoms in total. The molecule has 3 N–H and O–H groups in total. The number of hydrogen-bond donors (Lipinski definition) is 3. The van der Waals surface area contributed by atoms with Gasteiger partial charge in [-0.15, -0.1) is 0 Å². The van der Waals surface area contributed by atoms with E-state index in [2.05, 4.69) is 19.2 Å². The maximum absolute atomic E-state index is 12.2. The van der Waals surface area contributed by atoms with Crippen molar-refractivity contribution in [2.24, 2.45) is 5.92 Å². The summed E-state index contributed by atoms with van der Waals surface area (Å²) < 4.78 is 11.0. The molecule has 0 bridgehead atoms. The third-order valence-corrected chi connectivity index (χ3v) is 4.43. The molecule has 1 saturated heterocycles. The van der Waals surface area contributed by atoms with E-state index in [1.165, 1.54) is 11.4 Å². The van der Waals surface area contributed by atoms with Gasteiger partial charge in [-0.25, -0.2) is 0 Å². The molecular weight excluding hydrogens is 318 g/mol. The van der Waals surface area contributed by atoms with Gasteiger partial charge in [-0.3, -0.25) is 4.79 Å². The first kappa shape index (κ1) is 19.7. The summed E-state index contributed by atoms with van der Waals surface area (Å²) in [6, 6.07) is 7.38. The Labute approximate surface area is 151 Å². The van der Waals surface area contributed by atoms with Crippen LogP contribution in [0.3, 0.4) is 0 Å². The molecule has 2 rings (SSSR count). The first-order valence-electron chi connectivity index (χ1n) is 9.16. The van der Waals surface area contributed by atoms with Crippen LogP contribution >= 0.6 is 0 Å². The predicted octanol–water partition coefficient (Wildman–Crippen LogP) is -0.912. The van der Waals surface area contributed by atoms with Gasteiger partial charge in [-0.2, -0.15) is 0 Å². The lowest BCUT2D eigenvalue weighted by atomic mass is 10.1. The average Bonchev–Trinajstić information content (AvgIpc) is 2.55. The Morgan fingerprint density at radius 2 is 2.12 bits per heavy atom. The number of likely N-dealkylation sites (N-methyl/N-ethyl adjacent to an activating group) is 1. The van der Waals surface area contributed by atoms with E-state index in [4.69, 9.17) is 9.47 Å². The normalized spacial score (nSPS) is 21.8. The molecule has 1 aromatic carbocycles. The minimum Gasteiger partial charge on any atom is -0.497 e. The van der Waals surface area contributed by atoms with Crippen LogP contribution in [0.25, 0.3) is 0 Å². The number of ether oxygens (including phenoxy) is 2. The van der Waals surface area contributed by atoms with Crippen LogP contribution in [0.2, 0.25) is 0 Å². The van der Waals surface area contributed by atoms with Gasteiger partial charge in [-0.05, 0) is 24.3 Å². The fourth-order valence-corrected chi connectivity index (χ4v) is 3.36. The molecule has 1 fully saturated rings. The second kappa shape index (κ2) is 9.75. The maximum atomic E-state index is 12.2. The van der Waals surface area contributed by atoms with Gasteiger partial charge >= 0.3 is 0 Å². The van der Waals surface area contributed by atoms with Gasteiger partial charge < -0.3 is 24.6 Å². The van der Waals surface area contributed by atoms with Gasteiger partial charge in [-0.1, -0.05) is 13.8 Å². The zero-order chi connectivity index (χ0) is 18.2. The summed E-state index contributed by atoms with van der Waals surface area (Å²) in [7, 11) is 3.68. The van der Waals surface area contributed by atoms with Gasteiger partial charge in [0.1, 0.15) is 25.4 Å². The fraction of sp³-hybridized carbons (Fsp3) is 0.632. The van der Waals surface area contributed by atoms with Crippen LogP contribution in [0.5, 0.6) is 5.75 Å². The molecule has 2 unspecified atom stereocenters. The highest BCUT2D eigenvalue weighted by atomic mass is 16.5. The lowest BCUT2D eigenvalue weighted by Crippen LogP contribution is -3.18. The molecule has 0 saturated carbocycles. The Hall–Kier alpha value is -1.63. The Kier molecular flexibility index (Phi) is 7.68. The van der Waals surface area contributed by atoms with E-state index < -0.39 is 0 Å². The smallest absolute Gasteiger partial charge is 0.279 e. The van der Waals surface area contributed by atoms with Gasteiger partial charge in [0.25, 0.3) is 5.91 Å². The van der Waals surface area contributed by atoms with Crippen molar-refractivity contribution in [3.8, 4) is 5.75 Å². The van der Waals surface area contributed by atoms with Gasteiger partial charge in [0.15, 0.2) is 12.6 Å². The summed E-state index contributed by atoms with van der Waals surface area (Å²) in [5, 5.41) is 2.93. The van der Waals surface area contributed by atoms with E-state index in [9.17, 15) is 4.79 Å². The third kappa shape index (κ3) is 7.02. The van der Waals surface area contributed by atoms with Crippen molar-refractivity contribution in [2.75, 3.05) is 58.8 Å². The summed E-state index contributed by atoms with van der Waals surface area (Å²) in [6.07, 6.45) is 0.233. The largest absolute Gasteiger partial charge is 0.497 e. The molecule has 0 aliphatic carbocycles. The van der Waals surface area contributed by atoms with E-state index in [1.54, 1.807) is 12.0 Å². The van der Waals surface area contributed by atoms with Crippen LogP contribution < -0.4 is 19.9 Å². The number of benzene rings is 1. The van der Waals surface area contributed by atoms with Crippen LogP contribution in [-0.2, 0) is 9.53 Å². The fourth-order valence-electron chi connectivity index (χ4n) is 3.36. The van der Waals surface area contributed by atoms with Crippen molar-refractivity contribution < 1.29 is 24.1 Å². The third-order valence-electron chi connectivity index (χ3n) is 4.43. The van der Waals surface area contributed by atoms with Crippen LogP contribution in [-0.4, -0.2) is 65.5 Å². The minimum atomic E-state index is 0.0184. The summed E-state index contributed by atoms with van der Waals surface area (Å²) >= 11 is 0. The average molecular weight is 351 g/mol. The topological polar surface area (TPSA) is 56.4 Å². The quantitative estimate of drug-likeness (QED) is 0.568. The molecule has 3 atom stereocenters. The molecule has 0 radical (unpaired) electrons. The molecule has 0 aromatic heterocycles. The Bertz CT molecular complexity index is 533. The SMILES string of the molecule is COc1ccc(NC(=O)C[NH+](C)C[C@H]2C[NH+](CC(C)C)CCO2)cc1. The lowest BCUT2D eigenvalue weighted by Gasteiger charge is -2.31. The Morgan fingerprint density at radius 1 is 1.40 bits per heavy atom. The zero-order valence-electron chi connectivity index (χ0n) is 15.9. The number of carbonyl (C=O) groups excluding carboxylic acids is 1. The standard InChI is InChI=1S/C19H31N3O3/c1-15(2)11-22-9-10-25-18(13-22)12-21(3)14-19(23)20-16-5-7-17(24-4)8-6-16/h5-8,15,18H,9-14H2,1-4H3,(H,20,23)/p+2/t18-/m0/s1. The maximum Gasteiger partial charge on any atom is 0.279 e. The number of quaternary nitrogens is 2. The van der Waals surface area contributed by atoms with Crippen LogP contribution in [0, 0.1) is 5.92 Å². The van der Waals surface area contributed by atoms with E-state index >= 15 is 0 Å². The zero-order valence-corrected chi connectivity index (χ0v) is 15.9. The van der Waals surface area contributed by atoms with Gasteiger partial charge in [0.05, 0.1) is 27.3 Å². The van der Waals surface area contributed by atoms with Crippen molar-refractivity contribution in [3.05, 3.63) is 24.3 Å². The first-order valence-corrected chi connectivity index (χ1v) is 9.16. The number of nitrogens with one attached hydrogen (secondary N) is 3. The highest BCUT2D eigenvalue weighted by molar-refractivity contribution is 5.91. The van der Waals surface area contributed by atoms with E-state index in [0.29, 0.717) is 12.5 Å². The van der Waals surface area contributed by atoms with Crippen molar-refractivity contribution in [2.45, 2.75) is 20.0 Å². The summed E-state index contributed by atoms with van der Waals surface area (Å²) in [5.41, 5.74) is 0.792. The number of hydrogen-bond acceptors (Lipinski definition) is 3. The second-order valence-corrected chi connectivity index (χ2v) is 7.41. The molecule has 1 aliphatic heterocycles. The predicted molar refractivity (Wildman–Crippen MR) is 98.4 cm³/mol. The van der Waals surface area contributed by atoms with E-state index in [1.807, 2.05) is 31.3 Å². The molecule has 140 valence electrons. The van der Waals surface area contributed by atoms with Crippen LogP contribution in [0.1, 0.15) is 13.8 Å². The van der Waals surface area contributed by atoms with Gasteiger partial charge in [0, 0.05) is 11.6 Å². The van der Waals surface area contributed by atoms with Gasteiger partial charge in [0.2, 0.25) is 0 Å². The second-order valence-electron chi connectivity index (χ2n) is 7.41. The minimum absolute atomic E-state index is 0.0184. The summed E-state index contributed by atoms with van der Waals surface area (Å²) in [5.74, 6) is 1.50. The molecule has 25 heavy (non-hydrogen) atoms. The summed E-state index contributed by atoms with van der Waals surface area (Å²) in [4.78, 5) is 15.0. The molecular formula is C19H33N3O3+2. The van der Waals surface area contributed by atoms with E-state index in [-0.39, 0.29) is 12.0 Å². The molecule has 1 amide bonds. The van der Waals surface area contributed by atoms with Crippen molar-refractivity contribution in [3.63, 3.8) is 0 Å². The first-order chi connectivity index (χ1) is 12.0. The van der Waals surface area contributed by atoms with Crippen LogP contribution in [0.4, 0.5) is 5.69 Å². The molecule has 6 heteroatoms. The molecule has 1 aromatic rings. The monoisotopic (exact) mass is 351 g/mol. The highest BCUT2D eigenvalue weighted by Gasteiger charge is 2.27.